The third-order valence-corrected chi connectivity index (χ3v) is 2.59. The summed E-state index contributed by atoms with van der Waals surface area (Å²) < 4.78 is 75.8. The van der Waals surface area contributed by atoms with Crippen molar-refractivity contribution in [2.45, 2.75) is 17.5 Å². The average molecular weight is 302 g/mol. The molecule has 0 saturated heterocycles. The molecule has 0 fully saturated rings. The zero-order valence-corrected chi connectivity index (χ0v) is 9.86. The van der Waals surface area contributed by atoms with Gasteiger partial charge in [-0.1, -0.05) is 11.8 Å². The van der Waals surface area contributed by atoms with Crippen molar-refractivity contribution < 1.29 is 26.3 Å². The highest BCUT2D eigenvalue weighted by Gasteiger charge is 2.40. The Morgan fingerprint density at radius 2 is 1.68 bits per heavy atom. The van der Waals surface area contributed by atoms with Crippen molar-refractivity contribution in [1.82, 2.24) is 19.6 Å². The molecule has 0 aliphatic rings. The number of hydrogen-bond donors (Lipinski definition) is 0. The van der Waals surface area contributed by atoms with Gasteiger partial charge in [-0.05, 0) is 12.3 Å². The van der Waals surface area contributed by atoms with E-state index in [2.05, 4.69) is 15.1 Å². The van der Waals surface area contributed by atoms with E-state index < -0.39 is 29.5 Å². The first-order valence-corrected chi connectivity index (χ1v) is 5.81. The highest BCUT2D eigenvalue weighted by molar-refractivity contribution is 7.98. The summed E-state index contributed by atoms with van der Waals surface area (Å²) in [4.78, 5) is 6.52. The van der Waals surface area contributed by atoms with Crippen molar-refractivity contribution in [3.63, 3.8) is 0 Å². The highest BCUT2D eigenvalue weighted by atomic mass is 32.2. The Balaban J connectivity index is 2.78. The molecule has 2 heterocycles. The van der Waals surface area contributed by atoms with Crippen molar-refractivity contribution in [1.29, 1.82) is 0 Å². The summed E-state index contributed by atoms with van der Waals surface area (Å²) in [6, 6.07) is -0.0915. The van der Waals surface area contributed by atoms with Crippen LogP contribution >= 0.6 is 11.8 Å². The van der Waals surface area contributed by atoms with Gasteiger partial charge in [-0.2, -0.15) is 35.8 Å². The summed E-state index contributed by atoms with van der Waals surface area (Å²) in [5, 5.41) is 3.34. The molecule has 0 amide bonds. The van der Waals surface area contributed by atoms with E-state index in [1.54, 1.807) is 0 Å². The molecule has 0 radical (unpaired) electrons. The minimum absolute atomic E-state index is 0.0915. The normalized spacial score (nSPS) is 13.2. The molecule has 0 unspecified atom stereocenters. The molecule has 11 heteroatoms. The van der Waals surface area contributed by atoms with Gasteiger partial charge in [0.05, 0.1) is 0 Å². The van der Waals surface area contributed by atoms with Gasteiger partial charge in [0.25, 0.3) is 5.78 Å². The Hall–Kier alpha value is -1.52. The van der Waals surface area contributed by atoms with Gasteiger partial charge in [0.1, 0.15) is 0 Å². The predicted molar refractivity (Wildman–Crippen MR) is 52.6 cm³/mol. The molecular weight excluding hydrogens is 298 g/mol. The third kappa shape index (κ3) is 2.60. The van der Waals surface area contributed by atoms with E-state index in [9.17, 15) is 26.3 Å². The molecule has 19 heavy (non-hydrogen) atoms. The molecule has 0 bridgehead atoms. The predicted octanol–water partition coefficient (Wildman–Crippen LogP) is 2.88. The molecule has 0 aromatic carbocycles. The molecule has 104 valence electrons. The molecule has 0 spiro atoms. The van der Waals surface area contributed by atoms with E-state index >= 15 is 0 Å². The second kappa shape index (κ2) is 4.25. The van der Waals surface area contributed by atoms with Crippen LogP contribution in [0.3, 0.4) is 0 Å². The Morgan fingerprint density at radius 1 is 1.05 bits per heavy atom. The van der Waals surface area contributed by atoms with Crippen LogP contribution in [0.1, 0.15) is 11.4 Å². The largest absolute Gasteiger partial charge is 0.433 e. The molecule has 0 aliphatic heterocycles. The van der Waals surface area contributed by atoms with E-state index in [1.165, 1.54) is 6.26 Å². The lowest BCUT2D eigenvalue weighted by atomic mass is 10.3. The standard InChI is InChI=1S/C8H4F6N4S/c1-19-6-16-5-15-3(7(9,10)11)2-4(8(12,13)14)18(5)17-6/h2H,1H3. The Kier molecular flexibility index (Phi) is 3.11. The number of alkyl halides is 6. The number of fused-ring (bicyclic) bond motifs is 1. The maximum Gasteiger partial charge on any atom is 0.433 e. The van der Waals surface area contributed by atoms with Gasteiger partial charge in [0.2, 0.25) is 5.16 Å². The number of halogens is 6. The molecular formula is C8H4F6N4S. The van der Waals surface area contributed by atoms with Gasteiger partial charge in [0, 0.05) is 0 Å². The fourth-order valence-electron chi connectivity index (χ4n) is 1.28. The monoisotopic (exact) mass is 302 g/mol. The van der Waals surface area contributed by atoms with Crippen molar-refractivity contribution in [2.24, 2.45) is 0 Å². The molecule has 2 aromatic heterocycles. The Bertz CT molecular complexity index is 616. The first-order valence-electron chi connectivity index (χ1n) is 4.59. The number of aromatic nitrogens is 4. The average Bonchev–Trinajstić information content (AvgIpc) is 2.67. The van der Waals surface area contributed by atoms with Crippen LogP contribution in [-0.2, 0) is 12.4 Å². The van der Waals surface area contributed by atoms with Crippen LogP contribution < -0.4 is 0 Å². The summed E-state index contributed by atoms with van der Waals surface area (Å²) in [6.07, 6.45) is -8.51. The molecule has 0 saturated carbocycles. The summed E-state index contributed by atoms with van der Waals surface area (Å²) in [7, 11) is 0. The van der Waals surface area contributed by atoms with Gasteiger partial charge in [-0.3, -0.25) is 0 Å². The first-order chi connectivity index (χ1) is 8.63. The van der Waals surface area contributed by atoms with Gasteiger partial charge >= 0.3 is 12.4 Å². The van der Waals surface area contributed by atoms with E-state index in [-0.39, 0.29) is 15.7 Å². The number of hydrogen-bond acceptors (Lipinski definition) is 4. The number of nitrogens with zero attached hydrogens (tertiary/aromatic N) is 4. The summed E-state index contributed by atoms with van der Waals surface area (Å²) in [5.74, 6) is -0.744. The maximum atomic E-state index is 12.7. The Labute approximate surface area is 105 Å². The van der Waals surface area contributed by atoms with Crippen LogP contribution in [0.4, 0.5) is 26.3 Å². The van der Waals surface area contributed by atoms with Crippen LogP contribution in [0, 0.1) is 0 Å². The minimum Gasteiger partial charge on any atom is -0.206 e. The zero-order chi connectivity index (χ0) is 14.4. The van der Waals surface area contributed by atoms with Crippen LogP contribution in [0.5, 0.6) is 0 Å². The van der Waals surface area contributed by atoms with E-state index in [0.29, 0.717) is 0 Å². The molecule has 2 rings (SSSR count). The minimum atomic E-state index is -5.00. The summed E-state index contributed by atoms with van der Waals surface area (Å²) >= 11 is 0.896. The van der Waals surface area contributed by atoms with E-state index in [0.717, 1.165) is 11.8 Å². The molecule has 0 atom stereocenters. The first kappa shape index (κ1) is 13.9. The zero-order valence-electron chi connectivity index (χ0n) is 9.04. The molecule has 4 nitrogen and oxygen atoms in total. The summed E-state index contributed by atoms with van der Waals surface area (Å²) in [5.41, 5.74) is -3.23. The van der Waals surface area contributed by atoms with Crippen LogP contribution in [0.25, 0.3) is 5.78 Å². The second-order valence-corrected chi connectivity index (χ2v) is 4.11. The van der Waals surface area contributed by atoms with Gasteiger partial charge < -0.3 is 0 Å². The van der Waals surface area contributed by atoms with Crippen LogP contribution in [0.15, 0.2) is 11.2 Å². The third-order valence-electron chi connectivity index (χ3n) is 2.06. The smallest absolute Gasteiger partial charge is 0.206 e. The lowest BCUT2D eigenvalue weighted by molar-refractivity contribution is -0.148. The van der Waals surface area contributed by atoms with Gasteiger partial charge in [0.15, 0.2) is 11.4 Å². The van der Waals surface area contributed by atoms with Gasteiger partial charge in [-0.25, -0.2) is 4.98 Å². The van der Waals surface area contributed by atoms with Crippen molar-refractivity contribution >= 4 is 17.5 Å². The Morgan fingerprint density at radius 3 is 2.16 bits per heavy atom. The van der Waals surface area contributed by atoms with Crippen LogP contribution in [0.2, 0.25) is 0 Å². The van der Waals surface area contributed by atoms with Crippen molar-refractivity contribution in [2.75, 3.05) is 6.26 Å². The van der Waals surface area contributed by atoms with Gasteiger partial charge in [-0.15, -0.1) is 5.10 Å². The van der Waals surface area contributed by atoms with Crippen molar-refractivity contribution in [3.05, 3.63) is 17.5 Å². The highest BCUT2D eigenvalue weighted by Crippen LogP contribution is 2.34. The second-order valence-electron chi connectivity index (χ2n) is 3.33. The fraction of sp³-hybridized carbons (Fsp3) is 0.375. The lowest BCUT2D eigenvalue weighted by Crippen LogP contribution is -2.18. The van der Waals surface area contributed by atoms with Crippen LogP contribution in [-0.4, -0.2) is 25.8 Å². The maximum absolute atomic E-state index is 12.7. The summed E-state index contributed by atoms with van der Waals surface area (Å²) in [6.45, 7) is 0. The molecule has 2 aromatic rings. The van der Waals surface area contributed by atoms with E-state index in [1.807, 2.05) is 0 Å². The topological polar surface area (TPSA) is 43.1 Å². The SMILES string of the molecule is CSc1nc2nc(C(F)(F)F)cc(C(F)(F)F)n2n1. The fourth-order valence-corrected chi connectivity index (χ4v) is 1.62. The molecule has 0 aliphatic carbocycles. The number of thioether (sulfide) groups is 1. The lowest BCUT2D eigenvalue weighted by Gasteiger charge is -2.11. The molecule has 0 N–H and O–H groups in total. The number of rotatable bonds is 1. The quantitative estimate of drug-likeness (QED) is 0.600. The van der Waals surface area contributed by atoms with E-state index in [4.69, 9.17) is 0 Å². The van der Waals surface area contributed by atoms with Crippen molar-refractivity contribution in [3.8, 4) is 0 Å².